The second-order valence-corrected chi connectivity index (χ2v) is 1.64. The number of nitrogens with one attached hydrogen (secondary N) is 2. The van der Waals surface area contributed by atoms with Crippen LogP contribution in [0.25, 0.3) is 0 Å². The van der Waals surface area contributed by atoms with Gasteiger partial charge in [0.2, 0.25) is 5.96 Å². The average Bonchev–Trinajstić information content (AvgIpc) is 1.85. The maximum absolute atomic E-state index is 5.35. The molecule has 0 aromatic carbocycles. The van der Waals surface area contributed by atoms with Crippen LogP contribution in [-0.4, -0.2) is 19.6 Å². The highest BCUT2D eigenvalue weighted by Crippen LogP contribution is 1.74. The Bertz CT molecular complexity index is 89.0. The van der Waals surface area contributed by atoms with E-state index in [-0.39, 0.29) is 0 Å². The number of hydrogen-bond acceptors (Lipinski definition) is 2. The van der Waals surface area contributed by atoms with Crippen molar-refractivity contribution in [2.45, 2.75) is 13.3 Å². The summed E-state index contributed by atoms with van der Waals surface area (Å²) in [5.74, 6) is 0.444. The van der Waals surface area contributed by atoms with Crippen molar-refractivity contribution in [3.05, 3.63) is 0 Å². The third-order valence-corrected chi connectivity index (χ3v) is 0.759. The molecule has 0 atom stereocenters. The third-order valence-electron chi connectivity index (χ3n) is 0.759. The van der Waals surface area contributed by atoms with E-state index in [1.807, 2.05) is 0 Å². The molecule has 0 aromatic heterocycles. The van der Waals surface area contributed by atoms with Crippen molar-refractivity contribution in [1.29, 1.82) is 0 Å². The van der Waals surface area contributed by atoms with Crippen molar-refractivity contribution in [2.24, 2.45) is 10.7 Å². The quantitative estimate of drug-likeness (QED) is 0.272. The van der Waals surface area contributed by atoms with Crippen molar-refractivity contribution >= 4 is 5.96 Å². The fraction of sp³-hybridized carbons (Fsp3) is 0.800. The molecule has 54 valence electrons. The minimum Gasteiger partial charge on any atom is -0.369 e. The first kappa shape index (κ1) is 8.23. The molecule has 0 aromatic rings. The number of guanidine groups is 1. The zero-order chi connectivity index (χ0) is 7.11. The third kappa shape index (κ3) is 5.10. The van der Waals surface area contributed by atoms with Gasteiger partial charge in [-0.05, 0) is 6.42 Å². The maximum Gasteiger partial charge on any atom is 0.203 e. The van der Waals surface area contributed by atoms with E-state index >= 15 is 0 Å². The Morgan fingerprint density at radius 2 is 2.33 bits per heavy atom. The molecule has 4 nitrogen and oxygen atoms in total. The zero-order valence-corrected chi connectivity index (χ0v) is 5.94. The summed E-state index contributed by atoms with van der Waals surface area (Å²) < 4.78 is 0. The van der Waals surface area contributed by atoms with Crippen molar-refractivity contribution < 1.29 is 0 Å². The van der Waals surface area contributed by atoms with Crippen molar-refractivity contribution in [1.82, 2.24) is 10.9 Å². The van der Waals surface area contributed by atoms with Gasteiger partial charge in [0.15, 0.2) is 0 Å². The molecule has 0 amide bonds. The Labute approximate surface area is 55.5 Å². The van der Waals surface area contributed by atoms with E-state index in [4.69, 9.17) is 5.73 Å². The van der Waals surface area contributed by atoms with E-state index < -0.39 is 0 Å². The molecule has 0 spiro atoms. The van der Waals surface area contributed by atoms with Crippen LogP contribution < -0.4 is 16.6 Å². The van der Waals surface area contributed by atoms with Crippen LogP contribution in [0.2, 0.25) is 0 Å². The smallest absolute Gasteiger partial charge is 0.203 e. The molecule has 0 saturated heterocycles. The molecular formula is C5H14N4. The van der Waals surface area contributed by atoms with Gasteiger partial charge in [0.1, 0.15) is 0 Å². The highest BCUT2D eigenvalue weighted by Gasteiger charge is 1.82. The summed E-state index contributed by atoms with van der Waals surface area (Å²) in [4.78, 5) is 3.95. The van der Waals surface area contributed by atoms with Crippen molar-refractivity contribution in [2.75, 3.05) is 13.6 Å². The van der Waals surface area contributed by atoms with E-state index in [2.05, 4.69) is 22.8 Å². The lowest BCUT2D eigenvalue weighted by Gasteiger charge is -2.00. The molecule has 0 radical (unpaired) electrons. The Morgan fingerprint density at radius 1 is 1.67 bits per heavy atom. The van der Waals surface area contributed by atoms with Crippen LogP contribution in [0.4, 0.5) is 0 Å². The largest absolute Gasteiger partial charge is 0.369 e. The SMILES string of the molecule is CCCN=C(N)NNC. The van der Waals surface area contributed by atoms with Crippen LogP contribution in [0.1, 0.15) is 13.3 Å². The minimum absolute atomic E-state index is 0.444. The predicted octanol–water partition coefficient (Wildman–Crippen LogP) is -0.565. The molecule has 0 aliphatic rings. The van der Waals surface area contributed by atoms with Gasteiger partial charge in [-0.15, -0.1) is 0 Å². The van der Waals surface area contributed by atoms with Gasteiger partial charge in [0.05, 0.1) is 0 Å². The molecule has 0 fully saturated rings. The number of nitrogens with two attached hydrogens (primary N) is 1. The summed E-state index contributed by atoms with van der Waals surface area (Å²) in [5, 5.41) is 0. The van der Waals surface area contributed by atoms with E-state index in [9.17, 15) is 0 Å². The first-order valence-electron chi connectivity index (χ1n) is 3.04. The lowest BCUT2D eigenvalue weighted by molar-refractivity contribution is 0.752. The topological polar surface area (TPSA) is 62.4 Å². The van der Waals surface area contributed by atoms with Crippen LogP contribution in [0, 0.1) is 0 Å². The van der Waals surface area contributed by atoms with Gasteiger partial charge in [0, 0.05) is 13.6 Å². The Morgan fingerprint density at radius 3 is 2.78 bits per heavy atom. The van der Waals surface area contributed by atoms with Crippen molar-refractivity contribution in [3.63, 3.8) is 0 Å². The van der Waals surface area contributed by atoms with Gasteiger partial charge < -0.3 is 5.73 Å². The second kappa shape index (κ2) is 5.37. The van der Waals surface area contributed by atoms with E-state index in [0.717, 1.165) is 13.0 Å². The average molecular weight is 130 g/mol. The van der Waals surface area contributed by atoms with Gasteiger partial charge in [-0.3, -0.25) is 10.4 Å². The van der Waals surface area contributed by atoms with Gasteiger partial charge >= 0.3 is 0 Å². The first-order valence-corrected chi connectivity index (χ1v) is 3.04. The van der Waals surface area contributed by atoms with Crippen LogP contribution in [-0.2, 0) is 0 Å². The van der Waals surface area contributed by atoms with Gasteiger partial charge in [-0.25, -0.2) is 5.43 Å². The maximum atomic E-state index is 5.35. The van der Waals surface area contributed by atoms with Crippen LogP contribution in [0.3, 0.4) is 0 Å². The summed E-state index contributed by atoms with van der Waals surface area (Å²) in [5.41, 5.74) is 10.7. The Kier molecular flexibility index (Phi) is 4.91. The highest BCUT2D eigenvalue weighted by molar-refractivity contribution is 5.77. The van der Waals surface area contributed by atoms with Crippen LogP contribution in [0.15, 0.2) is 4.99 Å². The van der Waals surface area contributed by atoms with E-state index in [0.29, 0.717) is 5.96 Å². The summed E-state index contributed by atoms with van der Waals surface area (Å²) in [6.07, 6.45) is 1.02. The molecule has 0 unspecified atom stereocenters. The molecule has 0 aliphatic carbocycles. The molecule has 0 aliphatic heterocycles. The summed E-state index contributed by atoms with van der Waals surface area (Å²) in [6.45, 7) is 2.83. The Balaban J connectivity index is 3.30. The molecular weight excluding hydrogens is 116 g/mol. The Hall–Kier alpha value is -0.770. The van der Waals surface area contributed by atoms with E-state index in [1.54, 1.807) is 7.05 Å². The normalized spacial score (nSPS) is 11.6. The second-order valence-electron chi connectivity index (χ2n) is 1.64. The first-order chi connectivity index (χ1) is 4.31. The van der Waals surface area contributed by atoms with Crippen LogP contribution >= 0.6 is 0 Å². The molecule has 0 saturated carbocycles. The van der Waals surface area contributed by atoms with Gasteiger partial charge in [-0.1, -0.05) is 6.92 Å². The molecule has 4 heteroatoms. The van der Waals surface area contributed by atoms with E-state index in [1.165, 1.54) is 0 Å². The number of hydrazine groups is 1. The molecule has 4 N–H and O–H groups in total. The fourth-order valence-electron chi connectivity index (χ4n) is 0.400. The number of rotatable bonds is 3. The lowest BCUT2D eigenvalue weighted by Crippen LogP contribution is -2.40. The molecule has 0 rings (SSSR count). The number of aliphatic imine (C=N–C) groups is 1. The number of hydrogen-bond donors (Lipinski definition) is 3. The lowest BCUT2D eigenvalue weighted by atomic mass is 10.5. The van der Waals surface area contributed by atoms with Gasteiger partial charge in [-0.2, -0.15) is 0 Å². The minimum atomic E-state index is 0.444. The fourth-order valence-corrected chi connectivity index (χ4v) is 0.400. The summed E-state index contributed by atoms with van der Waals surface area (Å²) in [7, 11) is 1.74. The molecule has 0 heterocycles. The van der Waals surface area contributed by atoms with Crippen molar-refractivity contribution in [3.8, 4) is 0 Å². The standard InChI is InChI=1S/C5H14N4/c1-3-4-8-5(6)9-7-2/h7H,3-4H2,1-2H3,(H3,6,8,9). The summed E-state index contributed by atoms with van der Waals surface area (Å²) in [6, 6.07) is 0. The predicted molar refractivity (Wildman–Crippen MR) is 39.0 cm³/mol. The molecule has 0 bridgehead atoms. The highest BCUT2D eigenvalue weighted by atomic mass is 15.4. The zero-order valence-electron chi connectivity index (χ0n) is 5.94. The monoisotopic (exact) mass is 130 g/mol. The number of nitrogens with zero attached hydrogens (tertiary/aromatic N) is 1. The summed E-state index contributed by atoms with van der Waals surface area (Å²) >= 11 is 0. The van der Waals surface area contributed by atoms with Gasteiger partial charge in [0.25, 0.3) is 0 Å². The van der Waals surface area contributed by atoms with Crippen LogP contribution in [0.5, 0.6) is 0 Å². The molecule has 9 heavy (non-hydrogen) atoms.